The highest BCUT2D eigenvalue weighted by Crippen LogP contribution is 2.33. The highest BCUT2D eigenvalue weighted by molar-refractivity contribution is 5.87. The Hall–Kier alpha value is -1.68. The summed E-state index contributed by atoms with van der Waals surface area (Å²) < 4.78 is 6.03. The highest BCUT2D eigenvalue weighted by Gasteiger charge is 2.31. The van der Waals surface area contributed by atoms with Gasteiger partial charge in [-0.2, -0.15) is 0 Å². The minimum Gasteiger partial charge on any atom is -0.373 e. The number of aromatic amines is 1. The van der Waals surface area contributed by atoms with Gasteiger partial charge in [-0.3, -0.25) is 9.78 Å². The number of pyridine rings is 2. The first-order chi connectivity index (χ1) is 9.38. The van der Waals surface area contributed by atoms with E-state index in [1.165, 1.54) is 0 Å². The van der Waals surface area contributed by atoms with Crippen molar-refractivity contribution in [1.82, 2.24) is 9.97 Å². The van der Waals surface area contributed by atoms with Crippen LogP contribution in [0, 0.1) is 12.3 Å². The topological polar surface area (TPSA) is 55.0 Å². The molecule has 20 heavy (non-hydrogen) atoms. The monoisotopic (exact) mass is 272 g/mol. The number of aromatic nitrogens is 2. The Morgan fingerprint density at radius 2 is 2.10 bits per heavy atom. The van der Waals surface area contributed by atoms with Gasteiger partial charge < -0.3 is 9.72 Å². The highest BCUT2D eigenvalue weighted by atomic mass is 16.5. The molecule has 2 aromatic rings. The van der Waals surface area contributed by atoms with Crippen molar-refractivity contribution >= 4 is 10.8 Å². The zero-order chi connectivity index (χ0) is 14.5. The number of nitrogens with one attached hydrogen (secondary N) is 1. The minimum atomic E-state index is -0.0514. The Morgan fingerprint density at radius 3 is 2.80 bits per heavy atom. The maximum absolute atomic E-state index is 12.2. The van der Waals surface area contributed by atoms with Crippen molar-refractivity contribution in [3.05, 3.63) is 39.6 Å². The van der Waals surface area contributed by atoms with Gasteiger partial charge >= 0.3 is 0 Å². The second-order valence-corrected chi connectivity index (χ2v) is 6.66. The number of nitrogens with zero attached hydrogens (tertiary/aromatic N) is 1. The van der Waals surface area contributed by atoms with Gasteiger partial charge in [-0.05, 0) is 17.9 Å². The van der Waals surface area contributed by atoms with E-state index in [2.05, 4.69) is 30.7 Å². The Kier molecular flexibility index (Phi) is 2.94. The molecule has 0 aliphatic carbocycles. The van der Waals surface area contributed by atoms with Gasteiger partial charge in [0.15, 0.2) is 0 Å². The number of fused-ring (bicyclic) bond motifs is 3. The molecule has 0 radical (unpaired) electrons. The standard InChI is InChI=1S/C16H20N2O2/c1-9-6-17-7-10-14(9)11-8-20-13(16(2,3)4)5-12(11)18-15(10)19/h6-7,13H,5,8H2,1-4H3,(H,18,19). The predicted octanol–water partition coefficient (Wildman–Crippen LogP) is 2.72. The van der Waals surface area contributed by atoms with Crippen molar-refractivity contribution in [3.8, 4) is 0 Å². The summed E-state index contributed by atoms with van der Waals surface area (Å²) in [4.78, 5) is 19.4. The molecule has 0 bridgehead atoms. The van der Waals surface area contributed by atoms with E-state index in [4.69, 9.17) is 4.74 Å². The summed E-state index contributed by atoms with van der Waals surface area (Å²) >= 11 is 0. The fraction of sp³-hybridized carbons (Fsp3) is 0.500. The molecule has 0 saturated carbocycles. The summed E-state index contributed by atoms with van der Waals surface area (Å²) in [5, 5.41) is 1.66. The predicted molar refractivity (Wildman–Crippen MR) is 78.8 cm³/mol. The average molecular weight is 272 g/mol. The van der Waals surface area contributed by atoms with Crippen molar-refractivity contribution in [2.45, 2.75) is 46.8 Å². The lowest BCUT2D eigenvalue weighted by Gasteiger charge is -2.35. The molecule has 0 aromatic carbocycles. The number of H-pyrrole nitrogens is 1. The summed E-state index contributed by atoms with van der Waals surface area (Å²) in [7, 11) is 0. The molecule has 3 heterocycles. The summed E-state index contributed by atoms with van der Waals surface area (Å²) in [6.45, 7) is 9.03. The Morgan fingerprint density at radius 1 is 1.35 bits per heavy atom. The van der Waals surface area contributed by atoms with Gasteiger partial charge in [-0.25, -0.2) is 0 Å². The van der Waals surface area contributed by atoms with Gasteiger partial charge in [0.05, 0.1) is 18.1 Å². The molecule has 2 aromatic heterocycles. The van der Waals surface area contributed by atoms with Gasteiger partial charge in [0.1, 0.15) is 0 Å². The Bertz CT molecular complexity index is 726. The normalized spacial score (nSPS) is 19.1. The molecular weight excluding hydrogens is 252 g/mol. The number of hydrogen-bond acceptors (Lipinski definition) is 3. The number of rotatable bonds is 0. The minimum absolute atomic E-state index is 0.0514. The zero-order valence-corrected chi connectivity index (χ0v) is 12.4. The van der Waals surface area contributed by atoms with Crippen LogP contribution in [0.25, 0.3) is 10.8 Å². The number of ether oxygens (including phenoxy) is 1. The van der Waals surface area contributed by atoms with Gasteiger partial charge in [0, 0.05) is 35.5 Å². The largest absolute Gasteiger partial charge is 0.373 e. The lowest BCUT2D eigenvalue weighted by atomic mass is 9.83. The van der Waals surface area contributed by atoms with E-state index in [-0.39, 0.29) is 17.1 Å². The van der Waals surface area contributed by atoms with E-state index in [9.17, 15) is 4.79 Å². The molecule has 1 unspecified atom stereocenters. The lowest BCUT2D eigenvalue weighted by molar-refractivity contribution is -0.0380. The lowest BCUT2D eigenvalue weighted by Crippen LogP contribution is -2.36. The van der Waals surface area contributed by atoms with Gasteiger partial charge in [-0.1, -0.05) is 20.8 Å². The van der Waals surface area contributed by atoms with Crippen LogP contribution >= 0.6 is 0 Å². The first-order valence-corrected chi connectivity index (χ1v) is 6.98. The Balaban J connectivity index is 2.21. The third-order valence-corrected chi connectivity index (χ3v) is 4.09. The van der Waals surface area contributed by atoms with E-state index >= 15 is 0 Å². The van der Waals surface area contributed by atoms with E-state index in [0.717, 1.165) is 28.6 Å². The third kappa shape index (κ3) is 2.04. The van der Waals surface area contributed by atoms with Crippen LogP contribution in [0.4, 0.5) is 0 Å². The molecule has 0 amide bonds. The van der Waals surface area contributed by atoms with Crippen LogP contribution in [0.3, 0.4) is 0 Å². The van der Waals surface area contributed by atoms with Crippen LogP contribution in [0.1, 0.15) is 37.6 Å². The molecule has 0 saturated heterocycles. The van der Waals surface area contributed by atoms with Crippen molar-refractivity contribution in [2.75, 3.05) is 0 Å². The molecule has 4 nitrogen and oxygen atoms in total. The fourth-order valence-corrected chi connectivity index (χ4v) is 2.89. The van der Waals surface area contributed by atoms with Gasteiger partial charge in [-0.15, -0.1) is 0 Å². The van der Waals surface area contributed by atoms with E-state index in [1.54, 1.807) is 12.4 Å². The summed E-state index contributed by atoms with van der Waals surface area (Å²) in [5.74, 6) is 0. The maximum Gasteiger partial charge on any atom is 0.257 e. The quantitative estimate of drug-likeness (QED) is 0.802. The molecule has 0 spiro atoms. The number of aryl methyl sites for hydroxylation is 1. The molecule has 0 fully saturated rings. The van der Waals surface area contributed by atoms with E-state index in [1.807, 2.05) is 6.92 Å². The number of hydrogen-bond donors (Lipinski definition) is 1. The van der Waals surface area contributed by atoms with E-state index < -0.39 is 0 Å². The molecule has 1 N–H and O–H groups in total. The first-order valence-electron chi connectivity index (χ1n) is 6.98. The third-order valence-electron chi connectivity index (χ3n) is 4.09. The second kappa shape index (κ2) is 4.42. The van der Waals surface area contributed by atoms with Crippen LogP contribution in [0.2, 0.25) is 0 Å². The average Bonchev–Trinajstić information content (AvgIpc) is 2.37. The van der Waals surface area contributed by atoms with Crippen LogP contribution in [-0.4, -0.2) is 16.1 Å². The molecule has 3 rings (SSSR count). The van der Waals surface area contributed by atoms with E-state index in [0.29, 0.717) is 12.0 Å². The van der Waals surface area contributed by atoms with Crippen LogP contribution < -0.4 is 5.56 Å². The molecule has 106 valence electrons. The van der Waals surface area contributed by atoms with Crippen molar-refractivity contribution in [3.63, 3.8) is 0 Å². The molecule has 1 aliphatic heterocycles. The fourth-order valence-electron chi connectivity index (χ4n) is 2.89. The molecule has 4 heteroatoms. The van der Waals surface area contributed by atoms with Crippen molar-refractivity contribution in [2.24, 2.45) is 5.41 Å². The van der Waals surface area contributed by atoms with Crippen LogP contribution in [0.15, 0.2) is 17.2 Å². The SMILES string of the molecule is Cc1cncc2c(=O)[nH]c3c(c12)COC(C(C)(C)C)C3. The molecule has 1 atom stereocenters. The molecular formula is C16H20N2O2. The van der Waals surface area contributed by atoms with Crippen molar-refractivity contribution < 1.29 is 4.74 Å². The Labute approximate surface area is 118 Å². The second-order valence-electron chi connectivity index (χ2n) is 6.66. The zero-order valence-electron chi connectivity index (χ0n) is 12.4. The first kappa shape index (κ1) is 13.3. The van der Waals surface area contributed by atoms with Gasteiger partial charge in [0.2, 0.25) is 0 Å². The summed E-state index contributed by atoms with van der Waals surface area (Å²) in [6.07, 6.45) is 4.33. The van der Waals surface area contributed by atoms with Gasteiger partial charge in [0.25, 0.3) is 5.56 Å². The van der Waals surface area contributed by atoms with Crippen molar-refractivity contribution in [1.29, 1.82) is 0 Å². The van der Waals surface area contributed by atoms with Crippen LogP contribution in [-0.2, 0) is 17.8 Å². The summed E-state index contributed by atoms with van der Waals surface area (Å²) in [5.41, 5.74) is 3.17. The van der Waals surface area contributed by atoms with Crippen LogP contribution in [0.5, 0.6) is 0 Å². The summed E-state index contributed by atoms with van der Waals surface area (Å²) in [6, 6.07) is 0. The molecule has 1 aliphatic rings. The smallest absolute Gasteiger partial charge is 0.257 e. The maximum atomic E-state index is 12.2.